The van der Waals surface area contributed by atoms with Crippen LogP contribution >= 0.6 is 15.9 Å². The van der Waals surface area contributed by atoms with Crippen LogP contribution in [0.5, 0.6) is 23.0 Å². The monoisotopic (exact) mass is 548 g/mol. The maximum absolute atomic E-state index is 13.8. The molecule has 0 aliphatic carbocycles. The van der Waals surface area contributed by atoms with Gasteiger partial charge in [-0.1, -0.05) is 24.3 Å². The minimum atomic E-state index is -5.05. The van der Waals surface area contributed by atoms with Gasteiger partial charge < -0.3 is 18.6 Å². The number of alkyl halides is 3. The Morgan fingerprint density at radius 1 is 1.00 bits per heavy atom. The summed E-state index contributed by atoms with van der Waals surface area (Å²) in [6, 6.07) is 16.0. The van der Waals surface area contributed by atoms with Gasteiger partial charge in [-0.3, -0.25) is 4.79 Å². The number of fused-ring (bicyclic) bond motifs is 1. The first-order valence-corrected chi connectivity index (χ1v) is 11.0. The molecule has 1 aromatic heterocycles. The van der Waals surface area contributed by atoms with Crippen LogP contribution in [0.15, 0.2) is 80.4 Å². The largest absolute Gasteiger partial charge is 0.490 e. The van der Waals surface area contributed by atoms with Gasteiger partial charge in [0.1, 0.15) is 11.3 Å². The summed E-state index contributed by atoms with van der Waals surface area (Å²) in [5.74, 6) is -3.43. The number of carbonyl (C=O) groups excluding carboxylic acids is 1. The maximum atomic E-state index is 13.8. The van der Waals surface area contributed by atoms with Crippen molar-refractivity contribution in [1.82, 2.24) is 0 Å². The minimum absolute atomic E-state index is 0.0783. The molecule has 6 nitrogen and oxygen atoms in total. The summed E-state index contributed by atoms with van der Waals surface area (Å²) in [4.78, 5) is 25.5. The highest BCUT2D eigenvalue weighted by Gasteiger charge is 2.40. The van der Waals surface area contributed by atoms with E-state index < -0.39 is 34.7 Å². The van der Waals surface area contributed by atoms with Gasteiger partial charge in [-0.25, -0.2) is 4.79 Å². The molecule has 0 saturated carbocycles. The second-order valence-corrected chi connectivity index (χ2v) is 7.95. The van der Waals surface area contributed by atoms with Crippen LogP contribution in [0.1, 0.15) is 23.0 Å². The fraction of sp³-hybridized carbons (Fsp3) is 0.120. The molecule has 0 radical (unpaired) electrons. The van der Waals surface area contributed by atoms with E-state index in [0.29, 0.717) is 4.47 Å². The van der Waals surface area contributed by atoms with Crippen LogP contribution in [0.4, 0.5) is 13.2 Å². The van der Waals surface area contributed by atoms with Gasteiger partial charge >= 0.3 is 12.1 Å². The van der Waals surface area contributed by atoms with E-state index in [1.54, 1.807) is 31.2 Å². The first kappa shape index (κ1) is 24.3. The van der Waals surface area contributed by atoms with Crippen LogP contribution in [0.25, 0.3) is 11.0 Å². The van der Waals surface area contributed by atoms with Crippen LogP contribution in [0.3, 0.4) is 0 Å². The topological polar surface area (TPSA) is 75.0 Å². The SMILES string of the molecule is CCOc1ccccc1Oc1c(C(F)(F)F)oc2cc(OC(=O)c3ccccc3Br)ccc2c1=O. The van der Waals surface area contributed by atoms with E-state index in [0.717, 1.165) is 6.07 Å². The lowest BCUT2D eigenvalue weighted by molar-refractivity contribution is -0.154. The Morgan fingerprint density at radius 3 is 2.37 bits per heavy atom. The molecule has 4 aromatic rings. The van der Waals surface area contributed by atoms with Gasteiger partial charge in [0.25, 0.3) is 5.76 Å². The number of ether oxygens (including phenoxy) is 3. The summed E-state index contributed by atoms with van der Waals surface area (Å²) >= 11 is 3.23. The summed E-state index contributed by atoms with van der Waals surface area (Å²) < 4.78 is 63.1. The molecule has 0 aliphatic heterocycles. The number of halogens is 4. The molecule has 0 atom stereocenters. The second kappa shape index (κ2) is 9.83. The first-order chi connectivity index (χ1) is 16.7. The molecule has 35 heavy (non-hydrogen) atoms. The van der Waals surface area contributed by atoms with E-state index in [4.69, 9.17) is 18.6 Å². The number of esters is 1. The average Bonchev–Trinajstić information content (AvgIpc) is 2.81. The standard InChI is InChI=1S/C25H16BrF3O6/c1-2-32-18-9-5-6-10-19(18)34-22-21(30)16-12-11-14(13-20(16)35-23(22)25(27,28)29)33-24(31)15-7-3-4-8-17(15)26/h3-13H,2H2,1H3. The van der Waals surface area contributed by atoms with Gasteiger partial charge in [0, 0.05) is 10.5 Å². The summed E-state index contributed by atoms with van der Waals surface area (Å²) in [5.41, 5.74) is -1.26. The molecule has 1 heterocycles. The summed E-state index contributed by atoms with van der Waals surface area (Å²) in [7, 11) is 0. The number of rotatable bonds is 6. The van der Waals surface area contributed by atoms with E-state index >= 15 is 0 Å². The van der Waals surface area contributed by atoms with Crippen LogP contribution in [-0.4, -0.2) is 12.6 Å². The molecule has 180 valence electrons. The molecule has 10 heteroatoms. The van der Waals surface area contributed by atoms with E-state index in [-0.39, 0.29) is 34.8 Å². The smallest absolute Gasteiger partial charge is 0.453 e. The number of hydrogen-bond donors (Lipinski definition) is 0. The molecule has 3 aromatic carbocycles. The van der Waals surface area contributed by atoms with Crippen LogP contribution in [0.2, 0.25) is 0 Å². The van der Waals surface area contributed by atoms with Gasteiger partial charge in [0.2, 0.25) is 11.2 Å². The molecule has 0 aliphatic rings. The van der Waals surface area contributed by atoms with Crippen molar-refractivity contribution in [3.8, 4) is 23.0 Å². The first-order valence-electron chi connectivity index (χ1n) is 10.2. The second-order valence-electron chi connectivity index (χ2n) is 7.10. The van der Waals surface area contributed by atoms with Crippen molar-refractivity contribution in [2.24, 2.45) is 0 Å². The number of para-hydroxylation sites is 2. The number of benzene rings is 3. The Balaban J connectivity index is 1.77. The predicted molar refractivity (Wildman–Crippen MR) is 124 cm³/mol. The summed E-state index contributed by atoms with van der Waals surface area (Å²) in [6.45, 7) is 1.93. The van der Waals surface area contributed by atoms with Crippen molar-refractivity contribution in [3.63, 3.8) is 0 Å². The number of carbonyl (C=O) groups is 1. The average molecular weight is 549 g/mol. The molecule has 0 N–H and O–H groups in total. The van der Waals surface area contributed by atoms with Crippen molar-refractivity contribution >= 4 is 32.9 Å². The third kappa shape index (κ3) is 5.17. The van der Waals surface area contributed by atoms with E-state index in [9.17, 15) is 22.8 Å². The lowest BCUT2D eigenvalue weighted by atomic mass is 10.2. The molecular formula is C25H16BrF3O6. The van der Waals surface area contributed by atoms with Crippen molar-refractivity contribution < 1.29 is 36.6 Å². The molecule has 0 unspecified atom stereocenters. The lowest BCUT2D eigenvalue weighted by Gasteiger charge is -2.15. The Labute approximate surface area is 205 Å². The van der Waals surface area contributed by atoms with Gasteiger partial charge in [-0.05, 0) is 59.3 Å². The predicted octanol–water partition coefficient (Wildman–Crippen LogP) is 6.98. The lowest BCUT2D eigenvalue weighted by Crippen LogP contribution is -2.16. The molecule has 0 saturated heterocycles. The normalized spacial score (nSPS) is 11.3. The molecule has 0 amide bonds. The third-order valence-electron chi connectivity index (χ3n) is 4.74. The minimum Gasteiger partial charge on any atom is -0.490 e. The zero-order valence-electron chi connectivity index (χ0n) is 18.0. The van der Waals surface area contributed by atoms with E-state index in [1.807, 2.05) is 0 Å². The van der Waals surface area contributed by atoms with Crippen LogP contribution in [-0.2, 0) is 6.18 Å². The van der Waals surface area contributed by atoms with E-state index in [1.165, 1.54) is 36.4 Å². The van der Waals surface area contributed by atoms with Gasteiger partial charge in [-0.2, -0.15) is 13.2 Å². The Bertz CT molecular complexity index is 1460. The highest BCUT2D eigenvalue weighted by Crippen LogP contribution is 2.40. The quantitative estimate of drug-likeness (QED) is 0.191. The van der Waals surface area contributed by atoms with Crippen molar-refractivity contribution in [2.75, 3.05) is 6.61 Å². The highest BCUT2D eigenvalue weighted by molar-refractivity contribution is 9.10. The van der Waals surface area contributed by atoms with Crippen LogP contribution in [0, 0.1) is 0 Å². The number of hydrogen-bond acceptors (Lipinski definition) is 6. The zero-order chi connectivity index (χ0) is 25.2. The molecule has 0 spiro atoms. The zero-order valence-corrected chi connectivity index (χ0v) is 19.6. The highest BCUT2D eigenvalue weighted by atomic mass is 79.9. The van der Waals surface area contributed by atoms with Crippen molar-refractivity contribution in [1.29, 1.82) is 0 Å². The van der Waals surface area contributed by atoms with E-state index in [2.05, 4.69) is 15.9 Å². The third-order valence-corrected chi connectivity index (χ3v) is 5.44. The molecule has 0 bridgehead atoms. The Hall–Kier alpha value is -3.79. The maximum Gasteiger partial charge on any atom is 0.453 e. The van der Waals surface area contributed by atoms with Gasteiger partial charge in [-0.15, -0.1) is 0 Å². The molecule has 4 rings (SSSR count). The fourth-order valence-electron chi connectivity index (χ4n) is 3.21. The van der Waals surface area contributed by atoms with Crippen molar-refractivity contribution in [3.05, 3.63) is 92.7 Å². The van der Waals surface area contributed by atoms with Gasteiger partial charge in [0.05, 0.1) is 17.6 Å². The van der Waals surface area contributed by atoms with Crippen molar-refractivity contribution in [2.45, 2.75) is 13.1 Å². The Kier molecular flexibility index (Phi) is 6.83. The molecular weight excluding hydrogens is 533 g/mol. The fourth-order valence-corrected chi connectivity index (χ4v) is 3.65. The van der Waals surface area contributed by atoms with Gasteiger partial charge in [0.15, 0.2) is 11.5 Å². The van der Waals surface area contributed by atoms with Crippen LogP contribution < -0.4 is 19.6 Å². The Morgan fingerprint density at radius 2 is 1.69 bits per heavy atom. The molecule has 0 fully saturated rings. The summed E-state index contributed by atoms with van der Waals surface area (Å²) in [5, 5.41) is -0.192. The summed E-state index contributed by atoms with van der Waals surface area (Å²) in [6.07, 6.45) is -5.05.